The number of aliphatic carboxylic acids is 1. The van der Waals surface area contributed by atoms with Crippen molar-refractivity contribution < 1.29 is 19.5 Å². The molecule has 6 heteroatoms. The minimum absolute atomic E-state index is 0.179. The summed E-state index contributed by atoms with van der Waals surface area (Å²) in [5, 5.41) is 11.6. The number of amides is 2. The van der Waals surface area contributed by atoms with Gasteiger partial charge in [0.05, 0.1) is 11.8 Å². The molecule has 1 aliphatic carbocycles. The van der Waals surface area contributed by atoms with Crippen molar-refractivity contribution in [2.45, 2.75) is 33.7 Å². The van der Waals surface area contributed by atoms with E-state index in [9.17, 15) is 14.4 Å². The summed E-state index contributed by atoms with van der Waals surface area (Å²) in [6.45, 7) is 7.52. The SMILES string of the molecule is CCN(C)C(=O)C(C)NC(=O)[C@H]1[C@@H](C(=O)O)C1(C)C. The highest BCUT2D eigenvalue weighted by Crippen LogP contribution is 2.58. The van der Waals surface area contributed by atoms with Crippen LogP contribution < -0.4 is 5.32 Å². The third-order valence-electron chi connectivity index (χ3n) is 3.96. The molecule has 1 aliphatic rings. The van der Waals surface area contributed by atoms with Gasteiger partial charge in [-0.05, 0) is 19.3 Å². The van der Waals surface area contributed by atoms with Gasteiger partial charge in [0, 0.05) is 13.6 Å². The molecule has 6 nitrogen and oxygen atoms in total. The van der Waals surface area contributed by atoms with E-state index in [1.54, 1.807) is 27.8 Å². The Hall–Kier alpha value is -1.59. The quantitative estimate of drug-likeness (QED) is 0.753. The Kier molecular flexibility index (Phi) is 4.22. The Labute approximate surface area is 113 Å². The molecule has 0 saturated heterocycles. The molecule has 0 heterocycles. The van der Waals surface area contributed by atoms with Crippen molar-refractivity contribution in [2.75, 3.05) is 13.6 Å². The summed E-state index contributed by atoms with van der Waals surface area (Å²) in [6, 6.07) is -0.636. The number of carbonyl (C=O) groups excluding carboxylic acids is 2. The average Bonchev–Trinajstić information content (AvgIpc) is 2.90. The van der Waals surface area contributed by atoms with Crippen molar-refractivity contribution in [3.63, 3.8) is 0 Å². The van der Waals surface area contributed by atoms with Crippen molar-refractivity contribution in [1.82, 2.24) is 10.2 Å². The van der Waals surface area contributed by atoms with E-state index in [1.165, 1.54) is 4.90 Å². The molecule has 19 heavy (non-hydrogen) atoms. The average molecular weight is 270 g/mol. The van der Waals surface area contributed by atoms with Gasteiger partial charge in [-0.2, -0.15) is 0 Å². The van der Waals surface area contributed by atoms with E-state index in [2.05, 4.69) is 5.32 Å². The molecule has 0 aromatic heterocycles. The van der Waals surface area contributed by atoms with E-state index in [-0.39, 0.29) is 11.8 Å². The predicted octanol–water partition coefficient (Wildman–Crippen LogP) is 0.326. The molecule has 0 spiro atoms. The second-order valence-corrected chi connectivity index (χ2v) is 5.70. The van der Waals surface area contributed by atoms with Crippen molar-refractivity contribution in [1.29, 1.82) is 0 Å². The Morgan fingerprint density at radius 3 is 2.21 bits per heavy atom. The van der Waals surface area contributed by atoms with E-state index < -0.39 is 29.3 Å². The molecule has 0 bridgehead atoms. The highest BCUT2D eigenvalue weighted by atomic mass is 16.4. The lowest BCUT2D eigenvalue weighted by molar-refractivity contribution is -0.140. The van der Waals surface area contributed by atoms with Gasteiger partial charge >= 0.3 is 5.97 Å². The third kappa shape index (κ3) is 2.88. The van der Waals surface area contributed by atoms with Gasteiger partial charge in [-0.3, -0.25) is 14.4 Å². The molecule has 1 saturated carbocycles. The lowest BCUT2D eigenvalue weighted by Gasteiger charge is -2.20. The number of carboxylic acid groups (broad SMARTS) is 1. The van der Waals surface area contributed by atoms with Crippen molar-refractivity contribution in [3.8, 4) is 0 Å². The highest BCUT2D eigenvalue weighted by molar-refractivity contribution is 5.94. The van der Waals surface area contributed by atoms with Crippen LogP contribution in [0.15, 0.2) is 0 Å². The maximum absolute atomic E-state index is 12.0. The van der Waals surface area contributed by atoms with Crippen LogP contribution in [-0.4, -0.2) is 47.4 Å². The zero-order chi connectivity index (χ0) is 15.0. The number of nitrogens with one attached hydrogen (secondary N) is 1. The summed E-state index contributed by atoms with van der Waals surface area (Å²) in [4.78, 5) is 36.4. The number of hydrogen-bond acceptors (Lipinski definition) is 3. The van der Waals surface area contributed by atoms with Gasteiger partial charge in [0.2, 0.25) is 11.8 Å². The van der Waals surface area contributed by atoms with E-state index in [0.29, 0.717) is 6.54 Å². The molecule has 0 aromatic rings. The fourth-order valence-corrected chi connectivity index (χ4v) is 2.44. The van der Waals surface area contributed by atoms with Crippen LogP contribution in [0.3, 0.4) is 0 Å². The summed E-state index contributed by atoms with van der Waals surface area (Å²) >= 11 is 0. The van der Waals surface area contributed by atoms with Crippen LogP contribution in [0.2, 0.25) is 0 Å². The fourth-order valence-electron chi connectivity index (χ4n) is 2.44. The first-order valence-electron chi connectivity index (χ1n) is 6.42. The maximum Gasteiger partial charge on any atom is 0.307 e. The van der Waals surface area contributed by atoms with E-state index in [1.807, 2.05) is 6.92 Å². The molecule has 0 radical (unpaired) electrons. The van der Waals surface area contributed by atoms with Crippen LogP contribution in [0.25, 0.3) is 0 Å². The van der Waals surface area contributed by atoms with Crippen LogP contribution in [0.1, 0.15) is 27.7 Å². The highest BCUT2D eigenvalue weighted by Gasteiger charge is 2.66. The molecular weight excluding hydrogens is 248 g/mol. The third-order valence-corrected chi connectivity index (χ3v) is 3.96. The minimum Gasteiger partial charge on any atom is -0.481 e. The first-order valence-corrected chi connectivity index (χ1v) is 6.42. The monoisotopic (exact) mass is 270 g/mol. The predicted molar refractivity (Wildman–Crippen MR) is 69.3 cm³/mol. The number of carbonyl (C=O) groups is 3. The molecular formula is C13H22N2O4. The van der Waals surface area contributed by atoms with E-state index >= 15 is 0 Å². The van der Waals surface area contributed by atoms with Crippen LogP contribution in [0.4, 0.5) is 0 Å². The summed E-state index contributed by atoms with van der Waals surface area (Å²) in [6.07, 6.45) is 0. The second kappa shape index (κ2) is 5.19. The topological polar surface area (TPSA) is 86.7 Å². The second-order valence-electron chi connectivity index (χ2n) is 5.70. The normalized spacial score (nSPS) is 25.3. The van der Waals surface area contributed by atoms with Gasteiger partial charge in [0.15, 0.2) is 0 Å². The number of nitrogens with zero attached hydrogens (tertiary/aromatic N) is 1. The van der Waals surface area contributed by atoms with Crippen molar-refractivity contribution in [3.05, 3.63) is 0 Å². The van der Waals surface area contributed by atoms with Crippen LogP contribution >= 0.6 is 0 Å². The van der Waals surface area contributed by atoms with Crippen molar-refractivity contribution in [2.24, 2.45) is 17.3 Å². The minimum atomic E-state index is -0.963. The molecule has 108 valence electrons. The number of carboxylic acids is 1. The number of hydrogen-bond donors (Lipinski definition) is 2. The Bertz CT molecular complexity index is 405. The van der Waals surface area contributed by atoms with Crippen LogP contribution in [-0.2, 0) is 14.4 Å². The smallest absolute Gasteiger partial charge is 0.307 e. The van der Waals surface area contributed by atoms with Gasteiger partial charge in [-0.25, -0.2) is 0 Å². The summed E-state index contributed by atoms with van der Waals surface area (Å²) < 4.78 is 0. The fraction of sp³-hybridized carbons (Fsp3) is 0.769. The van der Waals surface area contributed by atoms with Gasteiger partial charge < -0.3 is 15.3 Å². The summed E-state index contributed by atoms with van der Waals surface area (Å²) in [5.41, 5.74) is -0.546. The van der Waals surface area contributed by atoms with Crippen LogP contribution in [0.5, 0.6) is 0 Å². The maximum atomic E-state index is 12.0. The number of likely N-dealkylation sites (N-methyl/N-ethyl adjacent to an activating group) is 1. The summed E-state index contributed by atoms with van der Waals surface area (Å²) in [7, 11) is 1.66. The largest absolute Gasteiger partial charge is 0.481 e. The van der Waals surface area contributed by atoms with E-state index in [4.69, 9.17) is 5.11 Å². The van der Waals surface area contributed by atoms with Gasteiger partial charge in [-0.1, -0.05) is 13.8 Å². The van der Waals surface area contributed by atoms with Gasteiger partial charge in [0.1, 0.15) is 6.04 Å². The zero-order valence-electron chi connectivity index (χ0n) is 12.1. The number of rotatable bonds is 5. The lowest BCUT2D eigenvalue weighted by Crippen LogP contribution is -2.46. The molecule has 1 fully saturated rings. The first-order chi connectivity index (χ1) is 8.64. The molecule has 3 atom stereocenters. The molecule has 2 N–H and O–H groups in total. The summed E-state index contributed by atoms with van der Waals surface area (Å²) in [5.74, 6) is -2.73. The molecule has 0 aliphatic heterocycles. The van der Waals surface area contributed by atoms with Crippen molar-refractivity contribution >= 4 is 17.8 Å². The molecule has 1 rings (SSSR count). The Morgan fingerprint density at radius 1 is 1.32 bits per heavy atom. The molecule has 0 aromatic carbocycles. The first kappa shape index (κ1) is 15.5. The van der Waals surface area contributed by atoms with Gasteiger partial charge in [0.25, 0.3) is 0 Å². The molecule has 1 unspecified atom stereocenters. The van der Waals surface area contributed by atoms with E-state index in [0.717, 1.165) is 0 Å². The molecule has 2 amide bonds. The zero-order valence-corrected chi connectivity index (χ0v) is 12.1. The van der Waals surface area contributed by atoms with Crippen LogP contribution in [0, 0.1) is 17.3 Å². The lowest BCUT2D eigenvalue weighted by atomic mass is 10.1. The standard InChI is InChI=1S/C13H22N2O4/c1-6-15(5)11(17)7(2)14-10(16)8-9(12(18)19)13(8,3)4/h7-9H,6H2,1-5H3,(H,14,16)(H,18,19)/t7?,8-,9+/m1/s1. The van der Waals surface area contributed by atoms with Gasteiger partial charge in [-0.15, -0.1) is 0 Å². The Balaban J connectivity index is 2.62. The Morgan fingerprint density at radius 2 is 1.84 bits per heavy atom.